The van der Waals surface area contributed by atoms with Crippen LogP contribution in [-0.4, -0.2) is 17.9 Å². The monoisotopic (exact) mass is 248 g/mol. The second-order valence-electron chi connectivity index (χ2n) is 3.39. The lowest BCUT2D eigenvalue weighted by molar-refractivity contribution is -0.384. The minimum atomic E-state index is -0.584. The molecule has 0 saturated heterocycles. The molecular weight excluding hydrogens is 236 g/mol. The molecule has 0 bridgehead atoms. The summed E-state index contributed by atoms with van der Waals surface area (Å²) in [6.07, 6.45) is 5.44. The average molecular weight is 248 g/mol. The van der Waals surface area contributed by atoms with Gasteiger partial charge in [-0.2, -0.15) is 0 Å². The fraction of sp³-hybridized carbons (Fsp3) is 0.250. The van der Waals surface area contributed by atoms with E-state index < -0.39 is 4.92 Å². The molecule has 0 aliphatic rings. The van der Waals surface area contributed by atoms with E-state index in [1.807, 2.05) is 0 Å². The molecule has 1 amide bonds. The van der Waals surface area contributed by atoms with Crippen molar-refractivity contribution in [1.29, 1.82) is 0 Å². The fourth-order valence-electron chi connectivity index (χ4n) is 1.29. The van der Waals surface area contributed by atoms with Gasteiger partial charge in [0.1, 0.15) is 11.4 Å². The van der Waals surface area contributed by atoms with Crippen molar-refractivity contribution >= 4 is 17.3 Å². The summed E-state index contributed by atoms with van der Waals surface area (Å²) in [6.45, 7) is 0. The Bertz CT molecular complexity index is 505. The number of nitrogens with one attached hydrogen (secondary N) is 1. The number of ether oxygens (including phenoxy) is 1. The van der Waals surface area contributed by atoms with Gasteiger partial charge in [0.05, 0.1) is 18.1 Å². The van der Waals surface area contributed by atoms with Crippen molar-refractivity contribution in [3.63, 3.8) is 0 Å². The lowest BCUT2D eigenvalue weighted by atomic mass is 10.2. The highest BCUT2D eigenvalue weighted by molar-refractivity contribution is 5.93. The van der Waals surface area contributed by atoms with Crippen LogP contribution in [-0.2, 0) is 4.79 Å². The summed E-state index contributed by atoms with van der Waals surface area (Å²) in [5.41, 5.74) is -0.0915. The van der Waals surface area contributed by atoms with E-state index in [1.54, 1.807) is 0 Å². The van der Waals surface area contributed by atoms with Gasteiger partial charge in [0.25, 0.3) is 5.69 Å². The number of nitro benzene ring substituents is 1. The molecule has 6 heteroatoms. The normalized spacial score (nSPS) is 9.33. The maximum absolute atomic E-state index is 11.4. The Kier molecular flexibility index (Phi) is 4.69. The van der Waals surface area contributed by atoms with Gasteiger partial charge in [-0.3, -0.25) is 14.9 Å². The molecule has 6 nitrogen and oxygen atoms in total. The maximum Gasteiger partial charge on any atom is 0.296 e. The Hall–Kier alpha value is -2.55. The first-order valence-electron chi connectivity index (χ1n) is 5.14. The Morgan fingerprint density at radius 2 is 2.33 bits per heavy atom. The third-order valence-corrected chi connectivity index (χ3v) is 2.17. The lowest BCUT2D eigenvalue weighted by Gasteiger charge is -2.06. The molecule has 0 unspecified atom stereocenters. The number of terminal acetylenes is 1. The van der Waals surface area contributed by atoms with Crippen LogP contribution in [0, 0.1) is 22.5 Å². The van der Waals surface area contributed by atoms with Crippen LogP contribution in [0.5, 0.6) is 5.75 Å². The van der Waals surface area contributed by atoms with Crippen molar-refractivity contribution in [3.8, 4) is 18.1 Å². The predicted molar refractivity (Wildman–Crippen MR) is 66.3 cm³/mol. The van der Waals surface area contributed by atoms with Crippen molar-refractivity contribution in [2.24, 2.45) is 0 Å². The topological polar surface area (TPSA) is 81.5 Å². The number of nitro groups is 1. The smallest absolute Gasteiger partial charge is 0.296 e. The zero-order valence-corrected chi connectivity index (χ0v) is 9.80. The summed E-state index contributed by atoms with van der Waals surface area (Å²) in [4.78, 5) is 21.7. The Labute approximate surface area is 104 Å². The molecule has 0 fully saturated rings. The number of anilines is 1. The third kappa shape index (κ3) is 3.49. The molecule has 0 spiro atoms. The van der Waals surface area contributed by atoms with Crippen LogP contribution >= 0.6 is 0 Å². The standard InChI is InChI=1S/C12H12N2O4/c1-3-4-5-12(15)13-10-7-6-9(18-2)8-11(10)14(16)17/h1,6-8H,4-5H2,2H3,(H,13,15). The molecule has 0 aromatic heterocycles. The van der Waals surface area contributed by atoms with Crippen LogP contribution in [0.15, 0.2) is 18.2 Å². The predicted octanol–water partition coefficient (Wildman–Crippen LogP) is 1.96. The number of benzene rings is 1. The molecule has 0 aliphatic carbocycles. The number of methoxy groups -OCH3 is 1. The molecule has 1 aromatic carbocycles. The van der Waals surface area contributed by atoms with Crippen LogP contribution in [0.2, 0.25) is 0 Å². The van der Waals surface area contributed by atoms with Gasteiger partial charge in [0.15, 0.2) is 0 Å². The van der Waals surface area contributed by atoms with Crippen molar-refractivity contribution in [2.45, 2.75) is 12.8 Å². The van der Waals surface area contributed by atoms with Gasteiger partial charge < -0.3 is 10.1 Å². The quantitative estimate of drug-likeness (QED) is 0.490. The van der Waals surface area contributed by atoms with Crippen LogP contribution in [0.25, 0.3) is 0 Å². The number of carbonyl (C=O) groups is 1. The number of nitrogens with zero attached hydrogens (tertiary/aromatic N) is 1. The second-order valence-corrected chi connectivity index (χ2v) is 3.39. The van der Waals surface area contributed by atoms with E-state index in [0.29, 0.717) is 5.75 Å². The van der Waals surface area contributed by atoms with Gasteiger partial charge in [-0.15, -0.1) is 12.3 Å². The number of hydrogen-bond donors (Lipinski definition) is 1. The molecule has 1 rings (SSSR count). The molecule has 1 N–H and O–H groups in total. The van der Waals surface area contributed by atoms with Gasteiger partial charge in [0, 0.05) is 12.8 Å². The molecule has 0 saturated carbocycles. The molecule has 0 radical (unpaired) electrons. The number of carbonyl (C=O) groups excluding carboxylic acids is 1. The third-order valence-electron chi connectivity index (χ3n) is 2.17. The largest absolute Gasteiger partial charge is 0.496 e. The first-order chi connectivity index (χ1) is 8.58. The highest BCUT2D eigenvalue weighted by atomic mass is 16.6. The first-order valence-corrected chi connectivity index (χ1v) is 5.14. The van der Waals surface area contributed by atoms with Gasteiger partial charge >= 0.3 is 0 Å². The van der Waals surface area contributed by atoms with Crippen molar-refractivity contribution in [2.75, 3.05) is 12.4 Å². The Morgan fingerprint density at radius 3 is 2.89 bits per heavy atom. The van der Waals surface area contributed by atoms with E-state index in [2.05, 4.69) is 11.2 Å². The Balaban J connectivity index is 2.91. The Morgan fingerprint density at radius 1 is 1.61 bits per heavy atom. The zero-order valence-electron chi connectivity index (χ0n) is 9.80. The first kappa shape index (κ1) is 13.5. The van der Waals surface area contributed by atoms with E-state index in [4.69, 9.17) is 11.2 Å². The van der Waals surface area contributed by atoms with Crippen LogP contribution < -0.4 is 10.1 Å². The molecule has 0 heterocycles. The maximum atomic E-state index is 11.4. The van der Waals surface area contributed by atoms with Crippen LogP contribution in [0.4, 0.5) is 11.4 Å². The summed E-state index contributed by atoms with van der Waals surface area (Å²) in [6, 6.07) is 4.20. The van der Waals surface area contributed by atoms with Crippen molar-refractivity contribution in [1.82, 2.24) is 0 Å². The second kappa shape index (κ2) is 6.25. The SMILES string of the molecule is C#CCCC(=O)Nc1ccc(OC)cc1[N+](=O)[O-]. The summed E-state index contributed by atoms with van der Waals surface area (Å²) >= 11 is 0. The van der Waals surface area contributed by atoms with Crippen LogP contribution in [0.1, 0.15) is 12.8 Å². The highest BCUT2D eigenvalue weighted by Gasteiger charge is 2.16. The fourth-order valence-corrected chi connectivity index (χ4v) is 1.29. The zero-order chi connectivity index (χ0) is 13.5. The van der Waals surface area contributed by atoms with Gasteiger partial charge in [-0.05, 0) is 12.1 Å². The lowest BCUT2D eigenvalue weighted by Crippen LogP contribution is -2.12. The summed E-state index contributed by atoms with van der Waals surface area (Å²) < 4.78 is 4.89. The highest BCUT2D eigenvalue weighted by Crippen LogP contribution is 2.28. The van der Waals surface area contributed by atoms with Crippen molar-refractivity contribution in [3.05, 3.63) is 28.3 Å². The van der Waals surface area contributed by atoms with E-state index in [1.165, 1.54) is 25.3 Å². The molecule has 18 heavy (non-hydrogen) atoms. The minimum Gasteiger partial charge on any atom is -0.496 e. The van der Waals surface area contributed by atoms with E-state index in [9.17, 15) is 14.9 Å². The van der Waals surface area contributed by atoms with Gasteiger partial charge in [-0.1, -0.05) is 0 Å². The average Bonchev–Trinajstić information content (AvgIpc) is 2.36. The molecule has 1 aromatic rings. The van der Waals surface area contributed by atoms with Gasteiger partial charge in [-0.25, -0.2) is 0 Å². The number of hydrogen-bond acceptors (Lipinski definition) is 4. The molecule has 0 aliphatic heterocycles. The van der Waals surface area contributed by atoms with Crippen molar-refractivity contribution < 1.29 is 14.5 Å². The summed E-state index contributed by atoms with van der Waals surface area (Å²) in [7, 11) is 1.41. The molecule has 94 valence electrons. The molecule has 0 atom stereocenters. The molecular formula is C12H12N2O4. The van der Waals surface area contributed by atoms with Crippen LogP contribution in [0.3, 0.4) is 0 Å². The van der Waals surface area contributed by atoms with E-state index >= 15 is 0 Å². The van der Waals surface area contributed by atoms with Gasteiger partial charge in [0.2, 0.25) is 5.91 Å². The minimum absolute atomic E-state index is 0.125. The van der Waals surface area contributed by atoms with E-state index in [-0.39, 0.29) is 30.1 Å². The van der Waals surface area contributed by atoms with E-state index in [0.717, 1.165) is 0 Å². The number of rotatable bonds is 5. The summed E-state index contributed by atoms with van der Waals surface area (Å²) in [5.74, 6) is 2.32. The number of amides is 1. The summed E-state index contributed by atoms with van der Waals surface area (Å²) in [5, 5.41) is 13.3.